The van der Waals surface area contributed by atoms with E-state index in [0.29, 0.717) is 25.9 Å². The number of thiazole rings is 1. The number of amides is 1. The fourth-order valence-corrected chi connectivity index (χ4v) is 2.50. The minimum Gasteiger partial charge on any atom is -0.350 e. The third kappa shape index (κ3) is 3.78. The molecule has 2 heterocycles. The number of carbonyl (C=O) groups excluding carboxylic acids is 1. The van der Waals surface area contributed by atoms with Crippen LogP contribution in [-0.4, -0.2) is 20.7 Å². The molecule has 2 aromatic rings. The summed E-state index contributed by atoms with van der Waals surface area (Å²) in [6.45, 7) is 2.94. The first-order chi connectivity index (χ1) is 9.16. The SMILES string of the molecule is Cc1csc(=O)n1CCCC(=O)NCc1ccn[nH]1. The molecule has 6 nitrogen and oxygen atoms in total. The Bertz CT molecular complexity index is 585. The molecule has 2 rings (SSSR count). The summed E-state index contributed by atoms with van der Waals surface area (Å²) >= 11 is 1.19. The molecule has 2 N–H and O–H groups in total. The molecule has 0 spiro atoms. The second-order valence-corrected chi connectivity index (χ2v) is 5.08. The summed E-state index contributed by atoms with van der Waals surface area (Å²) in [4.78, 5) is 23.1. The van der Waals surface area contributed by atoms with Gasteiger partial charge in [0.1, 0.15) is 0 Å². The summed E-state index contributed by atoms with van der Waals surface area (Å²) in [5, 5.41) is 11.2. The lowest BCUT2D eigenvalue weighted by Crippen LogP contribution is -2.23. The summed E-state index contributed by atoms with van der Waals surface area (Å²) in [6, 6.07) is 1.81. The highest BCUT2D eigenvalue weighted by molar-refractivity contribution is 7.07. The van der Waals surface area contributed by atoms with E-state index in [1.54, 1.807) is 10.8 Å². The number of hydrogen-bond donors (Lipinski definition) is 2. The second kappa shape index (κ2) is 6.33. The second-order valence-electron chi connectivity index (χ2n) is 4.26. The molecule has 0 aromatic carbocycles. The Hall–Kier alpha value is -1.89. The lowest BCUT2D eigenvalue weighted by molar-refractivity contribution is -0.121. The maximum Gasteiger partial charge on any atom is 0.307 e. The Morgan fingerprint density at radius 2 is 2.42 bits per heavy atom. The normalized spacial score (nSPS) is 10.6. The third-order valence-corrected chi connectivity index (χ3v) is 3.68. The van der Waals surface area contributed by atoms with Crippen molar-refractivity contribution in [3.63, 3.8) is 0 Å². The van der Waals surface area contributed by atoms with Gasteiger partial charge in [-0.05, 0) is 19.4 Å². The molecule has 0 fully saturated rings. The molecule has 1 amide bonds. The van der Waals surface area contributed by atoms with Gasteiger partial charge in [-0.15, -0.1) is 0 Å². The van der Waals surface area contributed by atoms with Gasteiger partial charge in [0.2, 0.25) is 5.91 Å². The molecule has 2 aromatic heterocycles. The summed E-state index contributed by atoms with van der Waals surface area (Å²) < 4.78 is 1.70. The molecule has 0 radical (unpaired) electrons. The van der Waals surface area contributed by atoms with Crippen LogP contribution in [-0.2, 0) is 17.9 Å². The van der Waals surface area contributed by atoms with Crippen molar-refractivity contribution < 1.29 is 4.79 Å². The standard InChI is InChI=1S/C12H16N4O2S/c1-9-8-19-12(18)16(9)6-2-3-11(17)13-7-10-4-5-14-15-10/h4-5,8H,2-3,6-7H2,1H3,(H,13,17)(H,14,15). The van der Waals surface area contributed by atoms with Crippen LogP contribution in [0.3, 0.4) is 0 Å². The third-order valence-electron chi connectivity index (χ3n) is 2.80. The van der Waals surface area contributed by atoms with E-state index in [4.69, 9.17) is 0 Å². The number of rotatable bonds is 6. The van der Waals surface area contributed by atoms with Crippen LogP contribution in [0, 0.1) is 6.92 Å². The first kappa shape index (κ1) is 13.5. The highest BCUT2D eigenvalue weighted by Gasteiger charge is 2.05. The highest BCUT2D eigenvalue weighted by atomic mass is 32.1. The van der Waals surface area contributed by atoms with Gasteiger partial charge in [0.15, 0.2) is 0 Å². The zero-order chi connectivity index (χ0) is 13.7. The Kier molecular flexibility index (Phi) is 4.51. The van der Waals surface area contributed by atoms with E-state index in [1.807, 2.05) is 18.4 Å². The fraction of sp³-hybridized carbons (Fsp3) is 0.417. The number of nitrogens with zero attached hydrogens (tertiary/aromatic N) is 2. The molecule has 7 heteroatoms. The molecule has 0 unspecified atom stereocenters. The van der Waals surface area contributed by atoms with Crippen LogP contribution in [0.4, 0.5) is 0 Å². The maximum atomic E-state index is 11.6. The zero-order valence-electron chi connectivity index (χ0n) is 10.7. The van der Waals surface area contributed by atoms with Crippen molar-refractivity contribution in [2.24, 2.45) is 0 Å². The van der Waals surface area contributed by atoms with Crippen LogP contribution in [0.1, 0.15) is 24.2 Å². The summed E-state index contributed by atoms with van der Waals surface area (Å²) in [5.74, 6) is -0.0180. The molecule has 0 aliphatic carbocycles. The van der Waals surface area contributed by atoms with Crippen molar-refractivity contribution in [2.75, 3.05) is 0 Å². The number of aromatic amines is 1. The number of hydrogen-bond acceptors (Lipinski definition) is 4. The van der Waals surface area contributed by atoms with Crippen LogP contribution < -0.4 is 10.2 Å². The maximum absolute atomic E-state index is 11.6. The Morgan fingerprint density at radius 3 is 3.05 bits per heavy atom. The topological polar surface area (TPSA) is 79.8 Å². The number of carbonyl (C=O) groups is 1. The minimum atomic E-state index is -0.0180. The zero-order valence-corrected chi connectivity index (χ0v) is 11.5. The summed E-state index contributed by atoms with van der Waals surface area (Å²) in [7, 11) is 0. The van der Waals surface area contributed by atoms with E-state index in [1.165, 1.54) is 11.3 Å². The van der Waals surface area contributed by atoms with E-state index in [9.17, 15) is 9.59 Å². The Morgan fingerprint density at radius 1 is 1.58 bits per heavy atom. The van der Waals surface area contributed by atoms with Crippen molar-refractivity contribution >= 4 is 17.2 Å². The monoisotopic (exact) mass is 280 g/mol. The van der Waals surface area contributed by atoms with Gasteiger partial charge >= 0.3 is 4.87 Å². The average Bonchev–Trinajstić information content (AvgIpc) is 3.00. The van der Waals surface area contributed by atoms with Gasteiger partial charge in [0.05, 0.1) is 12.2 Å². The van der Waals surface area contributed by atoms with Crippen molar-refractivity contribution in [2.45, 2.75) is 32.9 Å². The quantitative estimate of drug-likeness (QED) is 0.829. The van der Waals surface area contributed by atoms with Gasteiger partial charge < -0.3 is 9.88 Å². The average molecular weight is 280 g/mol. The number of aromatic nitrogens is 3. The number of aryl methyl sites for hydroxylation is 1. The molecule has 102 valence electrons. The molecule has 0 saturated heterocycles. The predicted molar refractivity (Wildman–Crippen MR) is 73.0 cm³/mol. The molecular formula is C12H16N4O2S. The van der Waals surface area contributed by atoms with Crippen molar-refractivity contribution in [1.29, 1.82) is 0 Å². The number of H-pyrrole nitrogens is 1. The van der Waals surface area contributed by atoms with Gasteiger partial charge in [0.25, 0.3) is 0 Å². The molecule has 0 atom stereocenters. The summed E-state index contributed by atoms with van der Waals surface area (Å²) in [6.07, 6.45) is 2.72. The van der Waals surface area contributed by atoms with Gasteiger partial charge in [-0.25, -0.2) is 0 Å². The molecule has 0 saturated carbocycles. The number of nitrogens with one attached hydrogen (secondary N) is 2. The molecule has 0 aliphatic heterocycles. The first-order valence-electron chi connectivity index (χ1n) is 6.06. The van der Waals surface area contributed by atoms with Gasteiger partial charge in [0, 0.05) is 30.2 Å². The Labute approximate surface area is 114 Å². The molecule has 0 aliphatic rings. The lowest BCUT2D eigenvalue weighted by Gasteiger charge is -2.05. The van der Waals surface area contributed by atoms with E-state index >= 15 is 0 Å². The van der Waals surface area contributed by atoms with Crippen LogP contribution in [0.15, 0.2) is 22.4 Å². The minimum absolute atomic E-state index is 0.0180. The first-order valence-corrected chi connectivity index (χ1v) is 6.94. The van der Waals surface area contributed by atoms with Crippen LogP contribution >= 0.6 is 11.3 Å². The van der Waals surface area contributed by atoms with Crippen molar-refractivity contribution in [1.82, 2.24) is 20.1 Å². The summed E-state index contributed by atoms with van der Waals surface area (Å²) in [5.41, 5.74) is 1.83. The smallest absolute Gasteiger partial charge is 0.307 e. The van der Waals surface area contributed by atoms with Gasteiger partial charge in [-0.3, -0.25) is 14.7 Å². The van der Waals surface area contributed by atoms with Gasteiger partial charge in [-0.2, -0.15) is 5.10 Å². The molecule has 0 bridgehead atoms. The van der Waals surface area contributed by atoms with Gasteiger partial charge in [-0.1, -0.05) is 11.3 Å². The van der Waals surface area contributed by atoms with E-state index in [-0.39, 0.29) is 10.8 Å². The largest absolute Gasteiger partial charge is 0.350 e. The highest BCUT2D eigenvalue weighted by Crippen LogP contribution is 2.02. The fourth-order valence-electron chi connectivity index (χ4n) is 1.74. The van der Waals surface area contributed by atoms with Crippen LogP contribution in [0.5, 0.6) is 0 Å². The Balaban J connectivity index is 1.71. The van der Waals surface area contributed by atoms with E-state index < -0.39 is 0 Å². The molecular weight excluding hydrogens is 264 g/mol. The van der Waals surface area contributed by atoms with E-state index in [0.717, 1.165) is 11.4 Å². The van der Waals surface area contributed by atoms with Crippen LogP contribution in [0.2, 0.25) is 0 Å². The molecule has 19 heavy (non-hydrogen) atoms. The van der Waals surface area contributed by atoms with E-state index in [2.05, 4.69) is 15.5 Å². The van der Waals surface area contributed by atoms with Crippen molar-refractivity contribution in [3.05, 3.63) is 38.7 Å². The van der Waals surface area contributed by atoms with Crippen LogP contribution in [0.25, 0.3) is 0 Å². The van der Waals surface area contributed by atoms with Crippen molar-refractivity contribution in [3.8, 4) is 0 Å². The predicted octanol–water partition coefficient (Wildman–Crippen LogP) is 1.04. The lowest BCUT2D eigenvalue weighted by atomic mass is 10.3.